The van der Waals surface area contributed by atoms with Crippen LogP contribution in [0.4, 0.5) is 0 Å². The summed E-state index contributed by atoms with van der Waals surface area (Å²) in [6.07, 6.45) is 2.20. The Morgan fingerprint density at radius 2 is 1.92 bits per heavy atom. The Balaban J connectivity index is 4.12. The highest BCUT2D eigenvalue weighted by Crippen LogP contribution is 2.21. The van der Waals surface area contributed by atoms with Crippen LogP contribution in [0.25, 0.3) is 0 Å². The fourth-order valence-corrected chi connectivity index (χ4v) is 1.63. The zero-order valence-electron chi connectivity index (χ0n) is 8.66. The summed E-state index contributed by atoms with van der Waals surface area (Å²) in [6, 6.07) is 0. The van der Waals surface area contributed by atoms with Gasteiger partial charge in [-0.25, -0.2) is 0 Å². The number of aliphatic hydroxyl groups excluding tert-OH is 1. The second-order valence-corrected chi connectivity index (χ2v) is 3.72. The highest BCUT2D eigenvalue weighted by molar-refractivity contribution is 5.70. The van der Waals surface area contributed by atoms with Crippen LogP contribution in [-0.4, -0.2) is 22.3 Å². The number of carboxylic acids is 1. The number of aliphatic hydroxyl groups is 1. The molecule has 0 bridgehead atoms. The van der Waals surface area contributed by atoms with Gasteiger partial charge in [-0.15, -0.1) is 0 Å². The second-order valence-electron chi connectivity index (χ2n) is 3.72. The van der Waals surface area contributed by atoms with Gasteiger partial charge in [-0.2, -0.15) is 0 Å². The Hall–Kier alpha value is -0.570. The molecule has 13 heavy (non-hydrogen) atoms. The minimum Gasteiger partial charge on any atom is -0.481 e. The number of carbonyl (C=O) groups is 1. The van der Waals surface area contributed by atoms with Crippen molar-refractivity contribution in [2.45, 2.75) is 46.1 Å². The van der Waals surface area contributed by atoms with E-state index in [0.717, 1.165) is 19.3 Å². The molecule has 0 saturated carbocycles. The first-order valence-electron chi connectivity index (χ1n) is 4.91. The first-order chi connectivity index (χ1) is 6.00. The van der Waals surface area contributed by atoms with Gasteiger partial charge in [-0.3, -0.25) is 4.79 Å². The average molecular weight is 188 g/mol. The van der Waals surface area contributed by atoms with Gasteiger partial charge < -0.3 is 10.2 Å². The Labute approximate surface area is 79.8 Å². The standard InChI is InChI=1S/C10H20O3/c1-4-5-6-7(2)9(8(3)11)10(12)13/h7-9,11H,4-6H2,1-3H3,(H,12,13)/t7-,8-,9-/m1/s1. The van der Waals surface area contributed by atoms with Crippen molar-refractivity contribution in [1.29, 1.82) is 0 Å². The molecule has 78 valence electrons. The number of unbranched alkanes of at least 4 members (excludes halogenated alkanes) is 1. The molecule has 3 heteroatoms. The summed E-state index contributed by atoms with van der Waals surface area (Å²) in [5.41, 5.74) is 0. The van der Waals surface area contributed by atoms with Crippen molar-refractivity contribution in [3.8, 4) is 0 Å². The summed E-state index contributed by atoms with van der Waals surface area (Å²) in [4.78, 5) is 10.8. The Kier molecular flexibility index (Phi) is 5.71. The van der Waals surface area contributed by atoms with Gasteiger partial charge in [0.2, 0.25) is 0 Å². The third-order valence-electron chi connectivity index (χ3n) is 2.43. The third-order valence-corrected chi connectivity index (χ3v) is 2.43. The van der Waals surface area contributed by atoms with Crippen molar-refractivity contribution in [2.75, 3.05) is 0 Å². The molecular formula is C10H20O3. The molecule has 3 nitrogen and oxygen atoms in total. The molecule has 0 aliphatic heterocycles. The minimum atomic E-state index is -0.890. The van der Waals surface area contributed by atoms with Crippen molar-refractivity contribution in [3.05, 3.63) is 0 Å². The molecular weight excluding hydrogens is 168 g/mol. The van der Waals surface area contributed by atoms with E-state index in [1.807, 2.05) is 6.92 Å². The van der Waals surface area contributed by atoms with Crippen LogP contribution >= 0.6 is 0 Å². The SMILES string of the molecule is CCCC[C@@H](C)[C@@H](C(=O)O)[C@@H](C)O. The van der Waals surface area contributed by atoms with Crippen LogP contribution in [-0.2, 0) is 4.79 Å². The maximum absolute atomic E-state index is 10.8. The lowest BCUT2D eigenvalue weighted by Gasteiger charge is -2.22. The van der Waals surface area contributed by atoms with E-state index >= 15 is 0 Å². The maximum Gasteiger partial charge on any atom is 0.309 e. The number of hydrogen-bond acceptors (Lipinski definition) is 2. The molecule has 0 fully saturated rings. The summed E-state index contributed by atoms with van der Waals surface area (Å²) < 4.78 is 0. The van der Waals surface area contributed by atoms with E-state index in [-0.39, 0.29) is 5.92 Å². The largest absolute Gasteiger partial charge is 0.481 e. The van der Waals surface area contributed by atoms with Crippen LogP contribution in [0.15, 0.2) is 0 Å². The van der Waals surface area contributed by atoms with Crippen LogP contribution in [0.5, 0.6) is 0 Å². The molecule has 0 heterocycles. The van der Waals surface area contributed by atoms with Gasteiger partial charge in [-0.05, 0) is 19.3 Å². The smallest absolute Gasteiger partial charge is 0.309 e. The van der Waals surface area contributed by atoms with Gasteiger partial charge in [0.1, 0.15) is 0 Å². The lowest BCUT2D eigenvalue weighted by molar-refractivity contribution is -0.147. The highest BCUT2D eigenvalue weighted by Gasteiger charge is 2.28. The Morgan fingerprint density at radius 1 is 1.38 bits per heavy atom. The molecule has 0 radical (unpaired) electrons. The van der Waals surface area contributed by atoms with E-state index in [1.54, 1.807) is 6.92 Å². The van der Waals surface area contributed by atoms with Crippen LogP contribution in [0.2, 0.25) is 0 Å². The molecule has 0 rings (SSSR count). The summed E-state index contributed by atoms with van der Waals surface area (Å²) in [6.45, 7) is 5.51. The molecule has 3 atom stereocenters. The normalized spacial score (nSPS) is 17.8. The fraction of sp³-hybridized carbons (Fsp3) is 0.900. The van der Waals surface area contributed by atoms with Gasteiger partial charge in [-0.1, -0.05) is 26.7 Å². The zero-order valence-corrected chi connectivity index (χ0v) is 8.66. The van der Waals surface area contributed by atoms with Gasteiger partial charge in [0.05, 0.1) is 12.0 Å². The van der Waals surface area contributed by atoms with E-state index in [0.29, 0.717) is 0 Å². The van der Waals surface area contributed by atoms with Crippen molar-refractivity contribution in [3.63, 3.8) is 0 Å². The molecule has 0 saturated heterocycles. The van der Waals surface area contributed by atoms with E-state index in [1.165, 1.54) is 0 Å². The van der Waals surface area contributed by atoms with Crippen LogP contribution < -0.4 is 0 Å². The summed E-state index contributed by atoms with van der Waals surface area (Å²) in [5.74, 6) is -1.46. The third kappa shape index (κ3) is 4.27. The topological polar surface area (TPSA) is 57.5 Å². The van der Waals surface area contributed by atoms with Gasteiger partial charge in [0.15, 0.2) is 0 Å². The Morgan fingerprint density at radius 3 is 2.23 bits per heavy atom. The molecule has 0 unspecified atom stereocenters. The molecule has 0 aliphatic rings. The molecule has 0 aliphatic carbocycles. The van der Waals surface area contributed by atoms with E-state index < -0.39 is 18.0 Å². The predicted molar refractivity (Wildman–Crippen MR) is 51.5 cm³/mol. The molecule has 0 spiro atoms. The van der Waals surface area contributed by atoms with Gasteiger partial charge in [0, 0.05) is 0 Å². The molecule has 2 N–H and O–H groups in total. The van der Waals surface area contributed by atoms with Crippen LogP contribution in [0, 0.1) is 11.8 Å². The van der Waals surface area contributed by atoms with E-state index in [9.17, 15) is 9.90 Å². The van der Waals surface area contributed by atoms with Crippen molar-refractivity contribution < 1.29 is 15.0 Å². The number of carboxylic acid groups (broad SMARTS) is 1. The van der Waals surface area contributed by atoms with Crippen molar-refractivity contribution >= 4 is 5.97 Å². The van der Waals surface area contributed by atoms with Crippen molar-refractivity contribution in [1.82, 2.24) is 0 Å². The number of hydrogen-bond donors (Lipinski definition) is 2. The zero-order chi connectivity index (χ0) is 10.4. The van der Waals surface area contributed by atoms with E-state index in [2.05, 4.69) is 6.92 Å². The lowest BCUT2D eigenvalue weighted by Crippen LogP contribution is -2.31. The number of aliphatic carboxylic acids is 1. The average Bonchev–Trinajstić information content (AvgIpc) is 1.99. The van der Waals surface area contributed by atoms with Crippen molar-refractivity contribution in [2.24, 2.45) is 11.8 Å². The summed E-state index contributed by atoms with van der Waals surface area (Å²) >= 11 is 0. The van der Waals surface area contributed by atoms with Crippen LogP contribution in [0.1, 0.15) is 40.0 Å². The van der Waals surface area contributed by atoms with E-state index in [4.69, 9.17) is 5.11 Å². The highest BCUT2D eigenvalue weighted by atomic mass is 16.4. The summed E-state index contributed by atoms with van der Waals surface area (Å²) in [7, 11) is 0. The van der Waals surface area contributed by atoms with Crippen LogP contribution in [0.3, 0.4) is 0 Å². The van der Waals surface area contributed by atoms with Gasteiger partial charge >= 0.3 is 5.97 Å². The summed E-state index contributed by atoms with van der Waals surface area (Å²) in [5, 5.41) is 18.1. The first kappa shape index (κ1) is 12.4. The number of rotatable bonds is 6. The molecule has 0 aromatic heterocycles. The lowest BCUT2D eigenvalue weighted by atomic mass is 9.86. The molecule has 0 aromatic carbocycles. The molecule has 0 amide bonds. The minimum absolute atomic E-state index is 0.0532. The fourth-order valence-electron chi connectivity index (χ4n) is 1.63. The Bertz CT molecular complexity index is 154. The maximum atomic E-state index is 10.8. The van der Waals surface area contributed by atoms with Gasteiger partial charge in [0.25, 0.3) is 0 Å². The first-order valence-corrected chi connectivity index (χ1v) is 4.91. The quantitative estimate of drug-likeness (QED) is 0.669. The predicted octanol–water partition coefficient (Wildman–Crippen LogP) is 1.89. The monoisotopic (exact) mass is 188 g/mol. The molecule has 0 aromatic rings. The second kappa shape index (κ2) is 5.97.